The number of aliphatic hydroxyl groups is 2. The molecule has 2 aliphatic rings. The minimum Gasteiger partial charge on any atom is -0.396 e. The number of rotatable bonds is 6. The quantitative estimate of drug-likeness (QED) is 0.833. The van der Waals surface area contributed by atoms with Crippen LogP contribution in [0.1, 0.15) is 62.7 Å². The molecule has 6 heteroatoms. The van der Waals surface area contributed by atoms with E-state index in [1.807, 2.05) is 0 Å². The Morgan fingerprint density at radius 1 is 1.27 bits per heavy atom. The average molecular weight is 357 g/mol. The molecule has 2 N–H and O–H groups in total. The van der Waals surface area contributed by atoms with Crippen LogP contribution in [0.15, 0.2) is 23.4 Å². The summed E-state index contributed by atoms with van der Waals surface area (Å²) < 4.78 is 2.22. The maximum Gasteiger partial charge on any atom is 0.168 e. The van der Waals surface area contributed by atoms with Gasteiger partial charge < -0.3 is 15.1 Å². The predicted octanol–water partition coefficient (Wildman–Crippen LogP) is 2.95. The van der Waals surface area contributed by atoms with Crippen LogP contribution in [-0.4, -0.2) is 44.5 Å². The Hall–Kier alpha value is -1.92. The van der Waals surface area contributed by atoms with Gasteiger partial charge in [0.2, 0.25) is 0 Å². The Morgan fingerprint density at radius 2 is 2.08 bits per heavy atom. The van der Waals surface area contributed by atoms with E-state index in [0.29, 0.717) is 18.9 Å². The second kappa shape index (κ2) is 7.00. The maximum atomic E-state index is 9.67. The fourth-order valence-corrected chi connectivity index (χ4v) is 4.25. The van der Waals surface area contributed by atoms with Crippen molar-refractivity contribution in [3.05, 3.63) is 29.5 Å². The molecule has 1 saturated carbocycles. The lowest BCUT2D eigenvalue weighted by molar-refractivity contribution is -0.0697. The Kier molecular flexibility index (Phi) is 4.71. The Morgan fingerprint density at radius 3 is 2.77 bits per heavy atom. The zero-order valence-electron chi connectivity index (χ0n) is 15.3. The van der Waals surface area contributed by atoms with Crippen molar-refractivity contribution < 1.29 is 15.1 Å². The highest BCUT2D eigenvalue weighted by atomic mass is 16.7. The minimum atomic E-state index is -0.791. The normalized spacial score (nSPS) is 23.6. The molecule has 0 amide bonds. The van der Waals surface area contributed by atoms with E-state index in [2.05, 4.69) is 35.0 Å². The van der Waals surface area contributed by atoms with E-state index in [0.717, 1.165) is 23.4 Å². The van der Waals surface area contributed by atoms with Crippen LogP contribution in [0.5, 0.6) is 0 Å². The summed E-state index contributed by atoms with van der Waals surface area (Å²) in [5.41, 5.74) is 3.36. The number of aryl methyl sites for hydroxylation is 1. The Balaban J connectivity index is 1.68. The standard InChI is InChI=1S/C20H27N3O3/c1-2-17-16-11-14(18-12-20(13-25,9-10-24)26-22-18)7-8-19(16)23(21-17)15-5-3-4-6-15/h7-8,11,15,24-25H,2-6,9-10,12-13H2,1H3. The van der Waals surface area contributed by atoms with E-state index in [4.69, 9.17) is 9.94 Å². The van der Waals surface area contributed by atoms with E-state index in [9.17, 15) is 10.2 Å². The lowest BCUT2D eigenvalue weighted by Gasteiger charge is -2.22. The number of fused-ring (bicyclic) bond motifs is 1. The van der Waals surface area contributed by atoms with Crippen LogP contribution in [0.2, 0.25) is 0 Å². The number of hydrogen-bond donors (Lipinski definition) is 2. The van der Waals surface area contributed by atoms with Gasteiger partial charge in [-0.25, -0.2) is 0 Å². The van der Waals surface area contributed by atoms with Gasteiger partial charge in [-0.15, -0.1) is 0 Å². The molecule has 1 aromatic carbocycles. The summed E-state index contributed by atoms with van der Waals surface area (Å²) in [7, 11) is 0. The number of hydrogen-bond acceptors (Lipinski definition) is 5. The summed E-state index contributed by atoms with van der Waals surface area (Å²) in [5, 5.41) is 29.2. The second-order valence-corrected chi connectivity index (χ2v) is 7.54. The molecule has 4 rings (SSSR count). The number of aliphatic hydroxyl groups excluding tert-OH is 2. The maximum absolute atomic E-state index is 9.67. The number of aromatic nitrogens is 2. The highest BCUT2D eigenvalue weighted by Crippen LogP contribution is 2.35. The molecule has 1 unspecified atom stereocenters. The molecule has 0 bridgehead atoms. The van der Waals surface area contributed by atoms with Crippen molar-refractivity contribution in [3.8, 4) is 0 Å². The van der Waals surface area contributed by atoms with E-state index >= 15 is 0 Å². The Labute approximate surface area is 153 Å². The van der Waals surface area contributed by atoms with E-state index in [-0.39, 0.29) is 13.2 Å². The van der Waals surface area contributed by atoms with Crippen LogP contribution in [0.25, 0.3) is 10.9 Å². The molecule has 1 fully saturated rings. The highest BCUT2D eigenvalue weighted by Gasteiger charge is 2.38. The molecule has 0 spiro atoms. The molecule has 1 aromatic heterocycles. The molecular formula is C20H27N3O3. The molecule has 2 heterocycles. The van der Waals surface area contributed by atoms with Gasteiger partial charge in [0.15, 0.2) is 5.60 Å². The first-order valence-electron chi connectivity index (χ1n) is 9.68. The molecule has 1 aliphatic carbocycles. The van der Waals surface area contributed by atoms with Gasteiger partial charge in [0.05, 0.1) is 29.6 Å². The van der Waals surface area contributed by atoms with Crippen LogP contribution in [0.3, 0.4) is 0 Å². The van der Waals surface area contributed by atoms with E-state index < -0.39 is 5.60 Å². The lowest BCUT2D eigenvalue weighted by Crippen LogP contribution is -2.34. The fraction of sp³-hybridized carbons (Fsp3) is 0.600. The van der Waals surface area contributed by atoms with Crippen molar-refractivity contribution >= 4 is 16.6 Å². The molecule has 0 saturated heterocycles. The van der Waals surface area contributed by atoms with Crippen molar-refractivity contribution in [2.45, 2.75) is 63.5 Å². The van der Waals surface area contributed by atoms with E-state index in [1.165, 1.54) is 36.6 Å². The summed E-state index contributed by atoms with van der Waals surface area (Å²) in [6.07, 6.45) is 6.77. The SMILES string of the molecule is CCc1nn(C2CCCC2)c2ccc(C3=NOC(CO)(CCO)C3)cc12. The summed E-state index contributed by atoms with van der Waals surface area (Å²) in [5.74, 6) is 0. The smallest absolute Gasteiger partial charge is 0.168 e. The Bertz CT molecular complexity index is 823. The average Bonchev–Trinajstić information content (AvgIpc) is 3.40. The molecule has 0 radical (unpaired) electrons. The van der Waals surface area contributed by atoms with Crippen LogP contribution in [0, 0.1) is 0 Å². The second-order valence-electron chi connectivity index (χ2n) is 7.54. The topological polar surface area (TPSA) is 79.9 Å². The third-order valence-corrected chi connectivity index (χ3v) is 5.82. The molecule has 140 valence electrons. The van der Waals surface area contributed by atoms with Gasteiger partial charge in [-0.3, -0.25) is 4.68 Å². The first-order chi connectivity index (χ1) is 12.7. The molecule has 2 aromatic rings. The van der Waals surface area contributed by atoms with Crippen LogP contribution in [-0.2, 0) is 11.3 Å². The van der Waals surface area contributed by atoms with Crippen molar-refractivity contribution in [1.29, 1.82) is 0 Å². The number of oxime groups is 1. The minimum absolute atomic E-state index is 0.0312. The molecule has 6 nitrogen and oxygen atoms in total. The highest BCUT2D eigenvalue weighted by molar-refractivity contribution is 6.04. The van der Waals surface area contributed by atoms with Gasteiger partial charge in [-0.2, -0.15) is 5.10 Å². The van der Waals surface area contributed by atoms with Gasteiger partial charge in [0, 0.05) is 30.4 Å². The van der Waals surface area contributed by atoms with E-state index in [1.54, 1.807) is 0 Å². The fourth-order valence-electron chi connectivity index (χ4n) is 4.25. The summed E-state index contributed by atoms with van der Waals surface area (Å²) in [6.45, 7) is 1.96. The molecule has 26 heavy (non-hydrogen) atoms. The van der Waals surface area contributed by atoms with Gasteiger partial charge in [-0.05, 0) is 31.4 Å². The molecule has 1 atom stereocenters. The predicted molar refractivity (Wildman–Crippen MR) is 100 cm³/mol. The van der Waals surface area contributed by atoms with Crippen molar-refractivity contribution in [2.75, 3.05) is 13.2 Å². The van der Waals surface area contributed by atoms with Gasteiger partial charge in [-0.1, -0.05) is 31.0 Å². The zero-order chi connectivity index (χ0) is 18.1. The van der Waals surface area contributed by atoms with Crippen molar-refractivity contribution in [2.24, 2.45) is 5.16 Å². The van der Waals surface area contributed by atoms with Crippen LogP contribution < -0.4 is 0 Å². The van der Waals surface area contributed by atoms with Gasteiger partial charge >= 0.3 is 0 Å². The summed E-state index contributed by atoms with van der Waals surface area (Å²) in [6, 6.07) is 6.88. The third-order valence-electron chi connectivity index (χ3n) is 5.82. The first kappa shape index (κ1) is 17.5. The largest absolute Gasteiger partial charge is 0.396 e. The number of nitrogens with zero attached hydrogens (tertiary/aromatic N) is 3. The molecule has 1 aliphatic heterocycles. The van der Waals surface area contributed by atoms with Gasteiger partial charge in [0.25, 0.3) is 0 Å². The van der Waals surface area contributed by atoms with Crippen molar-refractivity contribution in [3.63, 3.8) is 0 Å². The first-order valence-corrected chi connectivity index (χ1v) is 9.68. The molecular weight excluding hydrogens is 330 g/mol. The zero-order valence-corrected chi connectivity index (χ0v) is 15.3. The van der Waals surface area contributed by atoms with Gasteiger partial charge in [0.1, 0.15) is 0 Å². The summed E-state index contributed by atoms with van der Waals surface area (Å²) in [4.78, 5) is 5.51. The van der Waals surface area contributed by atoms with Crippen molar-refractivity contribution in [1.82, 2.24) is 9.78 Å². The monoisotopic (exact) mass is 357 g/mol. The number of benzene rings is 1. The summed E-state index contributed by atoms with van der Waals surface area (Å²) >= 11 is 0. The lowest BCUT2D eigenvalue weighted by atomic mass is 9.91. The van der Waals surface area contributed by atoms with Crippen LogP contribution in [0.4, 0.5) is 0 Å². The van der Waals surface area contributed by atoms with Crippen LogP contribution >= 0.6 is 0 Å². The third kappa shape index (κ3) is 2.91.